The van der Waals surface area contributed by atoms with E-state index in [2.05, 4.69) is 21.2 Å². The molecule has 1 unspecified atom stereocenters. The predicted molar refractivity (Wildman–Crippen MR) is 73.4 cm³/mol. The van der Waals surface area contributed by atoms with Gasteiger partial charge < -0.3 is 4.90 Å². The molecule has 90 valence electrons. The molecule has 4 heteroatoms. The summed E-state index contributed by atoms with van der Waals surface area (Å²) in [5.74, 6) is 0.725. The minimum absolute atomic E-state index is 0.00858. The van der Waals surface area contributed by atoms with Crippen molar-refractivity contribution in [3.05, 3.63) is 22.8 Å². The molecule has 0 heterocycles. The highest BCUT2D eigenvalue weighted by atomic mass is 31.0. The van der Waals surface area contributed by atoms with Crippen LogP contribution in [0.15, 0.2) is 27.8 Å². The zero-order valence-corrected chi connectivity index (χ0v) is 11.9. The van der Waals surface area contributed by atoms with Crippen LogP contribution in [0.4, 0.5) is 0 Å². The molecule has 0 aliphatic heterocycles. The van der Waals surface area contributed by atoms with Crippen molar-refractivity contribution in [2.75, 3.05) is 7.05 Å². The van der Waals surface area contributed by atoms with Gasteiger partial charge in [0.2, 0.25) is 5.91 Å². The summed E-state index contributed by atoms with van der Waals surface area (Å²) < 4.78 is 0. The maximum Gasteiger partial charge on any atom is 0.224 e. The van der Waals surface area contributed by atoms with Gasteiger partial charge in [0.05, 0.1) is 0 Å². The molecule has 0 bridgehead atoms. The number of hydrogen-bond acceptors (Lipinski definition) is 2. The first kappa shape index (κ1) is 15.0. The molecule has 0 radical (unpaired) electrons. The summed E-state index contributed by atoms with van der Waals surface area (Å²) in [4.78, 5) is 17.2. The van der Waals surface area contributed by atoms with E-state index in [0.717, 1.165) is 23.1 Å². The van der Waals surface area contributed by atoms with E-state index in [1.165, 1.54) is 6.92 Å². The van der Waals surface area contributed by atoms with Gasteiger partial charge in [-0.25, -0.2) is 4.99 Å². The van der Waals surface area contributed by atoms with Gasteiger partial charge in [0.15, 0.2) is 0 Å². The van der Waals surface area contributed by atoms with Gasteiger partial charge in [-0.05, 0) is 31.2 Å². The molecular weight excluding hydrogens is 219 g/mol. The first-order valence-corrected chi connectivity index (χ1v) is 5.91. The van der Waals surface area contributed by atoms with E-state index < -0.39 is 0 Å². The second kappa shape index (κ2) is 7.34. The van der Waals surface area contributed by atoms with Crippen molar-refractivity contribution in [2.45, 2.75) is 34.1 Å². The highest BCUT2D eigenvalue weighted by molar-refractivity contribution is 7.24. The van der Waals surface area contributed by atoms with E-state index in [-0.39, 0.29) is 5.91 Å². The quantitative estimate of drug-likeness (QED) is 0.549. The number of carbonyl (C=O) groups excluding carboxylic acids is 1. The number of amides is 1. The van der Waals surface area contributed by atoms with Crippen LogP contribution >= 0.6 is 9.24 Å². The zero-order valence-electron chi connectivity index (χ0n) is 10.7. The third kappa shape index (κ3) is 4.71. The monoisotopic (exact) mass is 240 g/mol. The van der Waals surface area contributed by atoms with Crippen LogP contribution in [-0.2, 0) is 4.79 Å². The second-order valence-electron chi connectivity index (χ2n) is 3.58. The summed E-state index contributed by atoms with van der Waals surface area (Å²) in [7, 11) is 4.33. The summed E-state index contributed by atoms with van der Waals surface area (Å²) in [6.07, 6.45) is 4.58. The molecule has 1 atom stereocenters. The van der Waals surface area contributed by atoms with Crippen LogP contribution in [-0.4, -0.2) is 24.1 Å². The fourth-order valence-electron chi connectivity index (χ4n) is 1.00. The van der Waals surface area contributed by atoms with Crippen molar-refractivity contribution in [1.29, 1.82) is 0 Å². The fourth-order valence-corrected chi connectivity index (χ4v) is 1.08. The Morgan fingerprint density at radius 1 is 1.44 bits per heavy atom. The van der Waals surface area contributed by atoms with E-state index >= 15 is 0 Å². The lowest BCUT2D eigenvalue weighted by molar-refractivity contribution is -0.125. The van der Waals surface area contributed by atoms with Crippen LogP contribution in [0.2, 0.25) is 0 Å². The number of aliphatic imine (C=N–C) groups is 1. The zero-order chi connectivity index (χ0) is 12.7. The Bertz CT molecular complexity index is 343. The maximum absolute atomic E-state index is 11.3. The Hall–Kier alpha value is -0.950. The summed E-state index contributed by atoms with van der Waals surface area (Å²) in [6.45, 7) is 7.52. The van der Waals surface area contributed by atoms with Crippen LogP contribution in [0, 0.1) is 0 Å². The largest absolute Gasteiger partial charge is 0.300 e. The summed E-state index contributed by atoms with van der Waals surface area (Å²) in [6, 6.07) is 0. The van der Waals surface area contributed by atoms with Crippen molar-refractivity contribution >= 4 is 21.4 Å². The van der Waals surface area contributed by atoms with Gasteiger partial charge in [-0.3, -0.25) is 4.79 Å². The Balaban J connectivity index is 5.14. The molecule has 0 fully saturated rings. The minimum Gasteiger partial charge on any atom is -0.300 e. The first-order chi connectivity index (χ1) is 7.43. The molecule has 0 saturated carbocycles. The lowest BCUT2D eigenvalue weighted by atomic mass is 10.2. The number of rotatable bonds is 4. The van der Waals surface area contributed by atoms with Gasteiger partial charge >= 0.3 is 0 Å². The molecule has 0 aliphatic rings. The van der Waals surface area contributed by atoms with Crippen LogP contribution in [0.5, 0.6) is 0 Å². The molecule has 3 nitrogen and oxygen atoms in total. The topological polar surface area (TPSA) is 32.7 Å². The molecule has 0 aromatic heterocycles. The number of allylic oxidation sites excluding steroid dienone is 3. The second-order valence-corrected chi connectivity index (χ2v) is 4.25. The van der Waals surface area contributed by atoms with Crippen LogP contribution in [0.25, 0.3) is 0 Å². The van der Waals surface area contributed by atoms with E-state index in [9.17, 15) is 4.79 Å². The van der Waals surface area contributed by atoms with E-state index in [0.29, 0.717) is 0 Å². The lowest BCUT2D eigenvalue weighted by Gasteiger charge is -2.17. The smallest absolute Gasteiger partial charge is 0.224 e. The first-order valence-electron chi connectivity index (χ1n) is 5.33. The van der Waals surface area contributed by atoms with Crippen molar-refractivity contribution in [3.8, 4) is 0 Å². The number of carbonyl (C=O) groups is 1. The van der Waals surface area contributed by atoms with Crippen molar-refractivity contribution in [2.24, 2.45) is 4.99 Å². The van der Waals surface area contributed by atoms with E-state index in [1.807, 2.05) is 19.9 Å². The number of nitrogens with zero attached hydrogens (tertiary/aromatic N) is 2. The maximum atomic E-state index is 11.3. The minimum atomic E-state index is -0.00858. The Labute approximate surface area is 101 Å². The number of hydrogen-bond donors (Lipinski definition) is 0. The molecular formula is C12H21N2OP. The average Bonchev–Trinajstić information content (AvgIpc) is 2.27. The molecule has 0 spiro atoms. The van der Waals surface area contributed by atoms with Gasteiger partial charge in [0, 0.05) is 20.2 Å². The molecule has 16 heavy (non-hydrogen) atoms. The molecule has 0 rings (SSSR count). The Kier molecular flexibility index (Phi) is 6.91. The molecule has 0 saturated heterocycles. The van der Waals surface area contributed by atoms with Gasteiger partial charge in [-0.2, -0.15) is 0 Å². The molecule has 0 aromatic carbocycles. The summed E-state index contributed by atoms with van der Waals surface area (Å²) in [5.41, 5.74) is 1.10. The lowest BCUT2D eigenvalue weighted by Crippen LogP contribution is -2.23. The third-order valence-corrected chi connectivity index (χ3v) is 2.85. The molecule has 0 aliphatic carbocycles. The highest BCUT2D eigenvalue weighted by Crippen LogP contribution is 2.14. The van der Waals surface area contributed by atoms with E-state index in [1.54, 1.807) is 18.2 Å². The van der Waals surface area contributed by atoms with Gasteiger partial charge in [-0.15, -0.1) is 9.24 Å². The molecule has 0 aromatic rings. The van der Waals surface area contributed by atoms with Gasteiger partial charge in [0.25, 0.3) is 0 Å². The Morgan fingerprint density at radius 3 is 2.38 bits per heavy atom. The van der Waals surface area contributed by atoms with Crippen LogP contribution in [0.3, 0.4) is 0 Å². The standard InChI is InChI=1S/C12H21N2OP/c1-6-9(3)12(14(5)10(4)15)13-8-11(16)7-2/h7-8H,6,16H2,1-5H3/b11-7+,12-9-,13-8-. The van der Waals surface area contributed by atoms with Crippen LogP contribution < -0.4 is 0 Å². The fraction of sp³-hybridized carbons (Fsp3) is 0.500. The summed E-state index contributed by atoms with van der Waals surface area (Å²) >= 11 is 0. The van der Waals surface area contributed by atoms with Crippen LogP contribution in [0.1, 0.15) is 34.1 Å². The molecule has 1 amide bonds. The van der Waals surface area contributed by atoms with Crippen molar-refractivity contribution in [3.63, 3.8) is 0 Å². The third-order valence-electron chi connectivity index (χ3n) is 2.37. The van der Waals surface area contributed by atoms with E-state index in [4.69, 9.17) is 0 Å². The Morgan fingerprint density at radius 2 is 2.00 bits per heavy atom. The SMILES string of the molecule is C\C=C(P)/C=N\C(=C(/C)CC)N(C)C(C)=O. The van der Waals surface area contributed by atoms with Gasteiger partial charge in [0.1, 0.15) is 5.82 Å². The average molecular weight is 240 g/mol. The van der Waals surface area contributed by atoms with Gasteiger partial charge in [-0.1, -0.05) is 13.0 Å². The summed E-state index contributed by atoms with van der Waals surface area (Å²) in [5, 5.41) is 0.998. The normalized spacial score (nSPS) is 14.0. The molecule has 0 N–H and O–H groups in total. The van der Waals surface area contributed by atoms with Crippen molar-refractivity contribution < 1.29 is 4.79 Å². The highest BCUT2D eigenvalue weighted by Gasteiger charge is 2.09. The predicted octanol–water partition coefficient (Wildman–Crippen LogP) is 2.96. The van der Waals surface area contributed by atoms with Crippen molar-refractivity contribution in [1.82, 2.24) is 4.90 Å².